The molecule has 0 N–H and O–H groups in total. The highest BCUT2D eigenvalue weighted by Gasteiger charge is 2.30. The van der Waals surface area contributed by atoms with Crippen molar-refractivity contribution in [2.75, 3.05) is 6.61 Å². The van der Waals surface area contributed by atoms with E-state index in [1.165, 1.54) is 29.5 Å². The van der Waals surface area contributed by atoms with E-state index in [1.807, 2.05) is 6.92 Å². The fourth-order valence-corrected chi connectivity index (χ4v) is 2.48. The van der Waals surface area contributed by atoms with Gasteiger partial charge in [-0.15, -0.1) is 0 Å². The highest BCUT2D eigenvalue weighted by molar-refractivity contribution is 5.47. The van der Waals surface area contributed by atoms with Crippen molar-refractivity contribution < 1.29 is 4.74 Å². The minimum atomic E-state index is 0.328. The van der Waals surface area contributed by atoms with Gasteiger partial charge in [-0.2, -0.15) is 0 Å². The quantitative estimate of drug-likeness (QED) is 0.715. The van der Waals surface area contributed by atoms with E-state index < -0.39 is 0 Å². The van der Waals surface area contributed by atoms with Crippen molar-refractivity contribution >= 4 is 0 Å². The van der Waals surface area contributed by atoms with Gasteiger partial charge in [0.2, 0.25) is 0 Å². The van der Waals surface area contributed by atoms with Gasteiger partial charge in [-0.3, -0.25) is 0 Å². The van der Waals surface area contributed by atoms with Crippen LogP contribution in [-0.2, 0) is 11.8 Å². The average molecular weight is 204 g/mol. The zero-order valence-corrected chi connectivity index (χ0v) is 10.2. The first kappa shape index (κ1) is 10.5. The molecule has 0 fully saturated rings. The number of ether oxygens (including phenoxy) is 1. The molecule has 1 nitrogen and oxygen atoms in total. The van der Waals surface area contributed by atoms with Gasteiger partial charge in [0.15, 0.2) is 0 Å². The molecule has 0 amide bonds. The topological polar surface area (TPSA) is 9.23 Å². The molecule has 1 aliphatic rings. The van der Waals surface area contributed by atoms with Gasteiger partial charge in [0.05, 0.1) is 6.61 Å². The smallest absolute Gasteiger partial charge is 0.122 e. The standard InChI is InChI=1S/C14H20O/c1-5-15-13-9-12-11(8-10(13)2)6-7-14(12,3)4/h8-9H,5-7H2,1-4H3. The molecule has 0 atom stereocenters. The van der Waals surface area contributed by atoms with Gasteiger partial charge >= 0.3 is 0 Å². The molecular weight excluding hydrogens is 184 g/mol. The average Bonchev–Trinajstić information content (AvgIpc) is 2.44. The third-order valence-corrected chi connectivity index (χ3v) is 3.45. The van der Waals surface area contributed by atoms with Crippen LogP contribution in [0.3, 0.4) is 0 Å². The first-order valence-corrected chi connectivity index (χ1v) is 5.81. The van der Waals surface area contributed by atoms with E-state index in [4.69, 9.17) is 4.74 Å². The molecule has 2 rings (SSSR count). The number of benzene rings is 1. The van der Waals surface area contributed by atoms with Crippen LogP contribution in [0.1, 0.15) is 43.9 Å². The SMILES string of the molecule is CCOc1cc2c(cc1C)CCC2(C)C. The van der Waals surface area contributed by atoms with Crippen LogP contribution in [0.25, 0.3) is 0 Å². The highest BCUT2D eigenvalue weighted by atomic mass is 16.5. The fraction of sp³-hybridized carbons (Fsp3) is 0.571. The number of hydrogen-bond acceptors (Lipinski definition) is 1. The first-order chi connectivity index (χ1) is 7.04. The zero-order valence-electron chi connectivity index (χ0n) is 10.2. The number of rotatable bonds is 2. The third kappa shape index (κ3) is 1.75. The maximum Gasteiger partial charge on any atom is 0.122 e. The highest BCUT2D eigenvalue weighted by Crippen LogP contribution is 2.41. The molecule has 1 heteroatoms. The molecule has 0 spiro atoms. The van der Waals surface area contributed by atoms with Gasteiger partial charge in [0.1, 0.15) is 5.75 Å². The van der Waals surface area contributed by atoms with Gasteiger partial charge in [0, 0.05) is 0 Å². The molecule has 0 saturated heterocycles. The second-order valence-electron chi connectivity index (χ2n) is 5.09. The lowest BCUT2D eigenvalue weighted by molar-refractivity contribution is 0.337. The first-order valence-electron chi connectivity index (χ1n) is 5.81. The van der Waals surface area contributed by atoms with Crippen molar-refractivity contribution in [1.82, 2.24) is 0 Å². The van der Waals surface area contributed by atoms with Crippen LogP contribution in [-0.4, -0.2) is 6.61 Å². The molecular formula is C14H20O. The molecule has 0 aromatic heterocycles. The lowest BCUT2D eigenvalue weighted by Gasteiger charge is -2.20. The van der Waals surface area contributed by atoms with Gasteiger partial charge in [-0.05, 0) is 54.9 Å². The van der Waals surface area contributed by atoms with Crippen molar-refractivity contribution in [2.45, 2.75) is 46.0 Å². The Labute approximate surface area is 92.5 Å². The van der Waals surface area contributed by atoms with Crippen LogP contribution >= 0.6 is 0 Å². The van der Waals surface area contributed by atoms with E-state index >= 15 is 0 Å². The van der Waals surface area contributed by atoms with Gasteiger partial charge in [0.25, 0.3) is 0 Å². The summed E-state index contributed by atoms with van der Waals surface area (Å²) in [5.74, 6) is 1.06. The maximum absolute atomic E-state index is 5.66. The molecule has 0 bridgehead atoms. The van der Waals surface area contributed by atoms with E-state index in [0.29, 0.717) is 5.41 Å². The largest absolute Gasteiger partial charge is 0.494 e. The Morgan fingerprint density at radius 3 is 2.73 bits per heavy atom. The lowest BCUT2D eigenvalue weighted by atomic mass is 9.86. The van der Waals surface area contributed by atoms with Crippen molar-refractivity contribution in [2.24, 2.45) is 0 Å². The summed E-state index contributed by atoms with van der Waals surface area (Å²) in [5.41, 5.74) is 4.60. The van der Waals surface area contributed by atoms with Crippen LogP contribution in [0.2, 0.25) is 0 Å². The predicted molar refractivity (Wildman–Crippen MR) is 63.7 cm³/mol. The van der Waals surface area contributed by atoms with Crippen molar-refractivity contribution in [3.05, 3.63) is 28.8 Å². The summed E-state index contributed by atoms with van der Waals surface area (Å²) >= 11 is 0. The van der Waals surface area contributed by atoms with Crippen LogP contribution in [0.15, 0.2) is 12.1 Å². The van der Waals surface area contributed by atoms with E-state index in [9.17, 15) is 0 Å². The summed E-state index contributed by atoms with van der Waals surface area (Å²) in [6.45, 7) is 9.57. The summed E-state index contributed by atoms with van der Waals surface area (Å²) in [6, 6.07) is 4.55. The van der Waals surface area contributed by atoms with Crippen molar-refractivity contribution in [3.8, 4) is 5.75 Å². The fourth-order valence-electron chi connectivity index (χ4n) is 2.48. The Hall–Kier alpha value is -0.980. The summed E-state index contributed by atoms with van der Waals surface area (Å²) in [7, 11) is 0. The predicted octanol–water partition coefficient (Wildman–Crippen LogP) is 3.62. The van der Waals surface area contributed by atoms with E-state index in [-0.39, 0.29) is 0 Å². The summed E-state index contributed by atoms with van der Waals surface area (Å²) in [5, 5.41) is 0. The van der Waals surface area contributed by atoms with E-state index in [0.717, 1.165) is 12.4 Å². The van der Waals surface area contributed by atoms with Gasteiger partial charge in [-0.1, -0.05) is 19.9 Å². The summed E-state index contributed by atoms with van der Waals surface area (Å²) < 4.78 is 5.66. The monoisotopic (exact) mass is 204 g/mol. The Balaban J connectivity index is 2.47. The lowest BCUT2D eigenvalue weighted by Crippen LogP contribution is -2.12. The Morgan fingerprint density at radius 2 is 2.07 bits per heavy atom. The number of hydrogen-bond donors (Lipinski definition) is 0. The van der Waals surface area contributed by atoms with Crippen LogP contribution in [0, 0.1) is 6.92 Å². The second kappa shape index (κ2) is 3.55. The molecule has 1 aliphatic carbocycles. The van der Waals surface area contributed by atoms with Gasteiger partial charge < -0.3 is 4.74 Å². The van der Waals surface area contributed by atoms with Crippen LogP contribution in [0.5, 0.6) is 5.75 Å². The Bertz CT molecular complexity index is 377. The summed E-state index contributed by atoms with van der Waals surface area (Å²) in [6.07, 6.45) is 2.48. The third-order valence-electron chi connectivity index (χ3n) is 3.45. The number of fused-ring (bicyclic) bond motifs is 1. The molecule has 0 unspecified atom stereocenters. The number of aryl methyl sites for hydroxylation is 2. The molecule has 0 saturated carbocycles. The zero-order chi connectivity index (χ0) is 11.1. The normalized spacial score (nSPS) is 17.6. The van der Waals surface area contributed by atoms with Gasteiger partial charge in [-0.25, -0.2) is 0 Å². The van der Waals surface area contributed by atoms with Crippen LogP contribution in [0.4, 0.5) is 0 Å². The molecule has 0 radical (unpaired) electrons. The molecule has 0 aliphatic heterocycles. The summed E-state index contributed by atoms with van der Waals surface area (Å²) in [4.78, 5) is 0. The van der Waals surface area contributed by atoms with E-state index in [2.05, 4.69) is 32.9 Å². The molecule has 0 heterocycles. The second-order valence-corrected chi connectivity index (χ2v) is 5.09. The molecule has 15 heavy (non-hydrogen) atoms. The minimum absolute atomic E-state index is 0.328. The van der Waals surface area contributed by atoms with Crippen LogP contribution < -0.4 is 4.74 Å². The van der Waals surface area contributed by atoms with Crippen molar-refractivity contribution in [1.29, 1.82) is 0 Å². The minimum Gasteiger partial charge on any atom is -0.494 e. The maximum atomic E-state index is 5.66. The molecule has 1 aromatic rings. The Morgan fingerprint density at radius 1 is 1.33 bits per heavy atom. The Kier molecular flexibility index (Phi) is 2.49. The van der Waals surface area contributed by atoms with Crippen molar-refractivity contribution in [3.63, 3.8) is 0 Å². The molecule has 1 aromatic carbocycles. The van der Waals surface area contributed by atoms with E-state index in [1.54, 1.807) is 0 Å². The molecule has 82 valence electrons.